The molecule has 1 aliphatic heterocycles. The first-order chi connectivity index (χ1) is 9.63. The van der Waals surface area contributed by atoms with E-state index in [4.69, 9.17) is 4.74 Å². The van der Waals surface area contributed by atoms with E-state index in [0.29, 0.717) is 6.42 Å². The van der Waals surface area contributed by atoms with Gasteiger partial charge in [-0.1, -0.05) is 43.7 Å². The van der Waals surface area contributed by atoms with Gasteiger partial charge in [-0.25, -0.2) is 4.79 Å². The molecular formula is C17H22O3. The van der Waals surface area contributed by atoms with Gasteiger partial charge in [-0.05, 0) is 31.2 Å². The first kappa shape index (κ1) is 14.6. The van der Waals surface area contributed by atoms with E-state index in [0.717, 1.165) is 32.1 Å². The molecule has 3 nitrogen and oxygen atoms in total. The molecule has 0 aromatic heterocycles. The summed E-state index contributed by atoms with van der Waals surface area (Å²) in [5.41, 5.74) is 0.778. The fraction of sp³-hybridized carbons (Fsp3) is 0.471. The van der Waals surface area contributed by atoms with E-state index < -0.39 is 11.6 Å². The van der Waals surface area contributed by atoms with E-state index >= 15 is 0 Å². The van der Waals surface area contributed by atoms with E-state index in [1.807, 2.05) is 18.2 Å². The predicted octanol–water partition coefficient (Wildman–Crippen LogP) is 3.94. The molecule has 0 fully saturated rings. The molecular weight excluding hydrogens is 252 g/mol. The molecule has 0 radical (unpaired) electrons. The molecule has 1 heterocycles. The normalized spacial score (nSPS) is 22.2. The van der Waals surface area contributed by atoms with Crippen molar-refractivity contribution in [3.8, 4) is 0 Å². The molecule has 1 N–H and O–H groups in total. The predicted molar refractivity (Wildman–Crippen MR) is 78.4 cm³/mol. The number of aryl methyl sites for hydroxylation is 1. The van der Waals surface area contributed by atoms with Crippen molar-refractivity contribution in [1.29, 1.82) is 0 Å². The molecule has 1 aromatic carbocycles. The zero-order chi connectivity index (χ0) is 14.4. The van der Waals surface area contributed by atoms with Gasteiger partial charge in [0.1, 0.15) is 11.4 Å². The van der Waals surface area contributed by atoms with Crippen LogP contribution >= 0.6 is 0 Å². The van der Waals surface area contributed by atoms with Gasteiger partial charge in [0.25, 0.3) is 0 Å². The molecule has 1 aliphatic rings. The molecule has 0 spiro atoms. The highest BCUT2D eigenvalue weighted by atomic mass is 16.6. The summed E-state index contributed by atoms with van der Waals surface area (Å²) in [5.74, 6) is -0.267. The number of aliphatic hydroxyl groups is 1. The van der Waals surface area contributed by atoms with Crippen LogP contribution < -0.4 is 0 Å². The summed E-state index contributed by atoms with van der Waals surface area (Å²) in [6, 6.07) is 10.3. The average Bonchev–Trinajstić information content (AvgIpc) is 2.39. The SMILES string of the molecule is CCCC1(CCCc2ccccc2)CC(O)=CC(=O)O1. The summed E-state index contributed by atoms with van der Waals surface area (Å²) in [7, 11) is 0. The molecule has 0 bridgehead atoms. The van der Waals surface area contributed by atoms with Crippen molar-refractivity contribution >= 4 is 5.97 Å². The number of benzene rings is 1. The third-order valence-electron chi connectivity index (χ3n) is 3.75. The van der Waals surface area contributed by atoms with Gasteiger partial charge in [-0.2, -0.15) is 0 Å². The van der Waals surface area contributed by atoms with E-state index in [2.05, 4.69) is 19.1 Å². The van der Waals surface area contributed by atoms with Crippen molar-refractivity contribution < 1.29 is 14.6 Å². The molecule has 0 saturated heterocycles. The third kappa shape index (κ3) is 3.86. The Hall–Kier alpha value is -1.77. The van der Waals surface area contributed by atoms with Gasteiger partial charge in [-0.3, -0.25) is 0 Å². The summed E-state index contributed by atoms with van der Waals surface area (Å²) < 4.78 is 5.55. The van der Waals surface area contributed by atoms with Crippen LogP contribution in [0.15, 0.2) is 42.2 Å². The third-order valence-corrected chi connectivity index (χ3v) is 3.75. The van der Waals surface area contributed by atoms with Crippen LogP contribution in [0, 0.1) is 0 Å². The summed E-state index contributed by atoms with van der Waals surface area (Å²) in [4.78, 5) is 11.5. The van der Waals surface area contributed by atoms with Crippen LogP contribution in [-0.2, 0) is 16.0 Å². The Balaban J connectivity index is 1.96. The van der Waals surface area contributed by atoms with E-state index in [9.17, 15) is 9.90 Å². The Morgan fingerprint density at radius 1 is 1.25 bits per heavy atom. The van der Waals surface area contributed by atoms with E-state index in [1.54, 1.807) is 0 Å². The number of rotatable bonds is 6. The van der Waals surface area contributed by atoms with Gasteiger partial charge in [0.05, 0.1) is 6.08 Å². The van der Waals surface area contributed by atoms with E-state index in [-0.39, 0.29) is 5.76 Å². The fourth-order valence-electron chi connectivity index (χ4n) is 2.91. The lowest BCUT2D eigenvalue weighted by molar-refractivity contribution is -0.159. The molecule has 2 rings (SSSR count). The minimum atomic E-state index is -0.514. The topological polar surface area (TPSA) is 46.5 Å². The number of esters is 1. The quantitative estimate of drug-likeness (QED) is 0.799. The maximum absolute atomic E-state index is 11.5. The first-order valence-corrected chi connectivity index (χ1v) is 7.30. The lowest BCUT2D eigenvalue weighted by atomic mass is 9.85. The monoisotopic (exact) mass is 274 g/mol. The van der Waals surface area contributed by atoms with Crippen molar-refractivity contribution in [3.05, 3.63) is 47.7 Å². The minimum absolute atomic E-state index is 0.148. The largest absolute Gasteiger partial charge is 0.512 e. The molecule has 0 amide bonds. The fourth-order valence-corrected chi connectivity index (χ4v) is 2.91. The van der Waals surface area contributed by atoms with Crippen LogP contribution in [0.3, 0.4) is 0 Å². The standard InChI is InChI=1S/C17H22O3/c1-2-10-17(13-15(18)12-16(19)20-17)11-6-9-14-7-4-3-5-8-14/h3-5,7-8,12,18H,2,6,9-11,13H2,1H3. The van der Waals surface area contributed by atoms with E-state index in [1.165, 1.54) is 11.6 Å². The second-order valence-corrected chi connectivity index (χ2v) is 5.51. The Morgan fingerprint density at radius 2 is 2.00 bits per heavy atom. The second-order valence-electron chi connectivity index (χ2n) is 5.51. The molecule has 1 unspecified atom stereocenters. The number of carbonyl (C=O) groups is 1. The summed E-state index contributed by atoms with van der Waals surface area (Å²) in [5, 5.41) is 9.72. The molecule has 0 aliphatic carbocycles. The number of carbonyl (C=O) groups excluding carboxylic acids is 1. The first-order valence-electron chi connectivity index (χ1n) is 7.30. The molecule has 0 saturated carbocycles. The van der Waals surface area contributed by atoms with Crippen LogP contribution in [0.1, 0.15) is 44.6 Å². The van der Waals surface area contributed by atoms with Crippen LogP contribution in [0.5, 0.6) is 0 Å². The summed E-state index contributed by atoms with van der Waals surface area (Å²) in [6.45, 7) is 2.07. The second kappa shape index (κ2) is 6.60. The smallest absolute Gasteiger partial charge is 0.334 e. The van der Waals surface area contributed by atoms with Gasteiger partial charge >= 0.3 is 5.97 Å². The summed E-state index contributed by atoms with van der Waals surface area (Å²) in [6.07, 6.45) is 6.07. The highest BCUT2D eigenvalue weighted by molar-refractivity contribution is 5.83. The Labute approximate surface area is 120 Å². The van der Waals surface area contributed by atoms with Crippen LogP contribution in [0.4, 0.5) is 0 Å². The van der Waals surface area contributed by atoms with Crippen molar-refractivity contribution in [2.24, 2.45) is 0 Å². The zero-order valence-corrected chi connectivity index (χ0v) is 12.0. The zero-order valence-electron chi connectivity index (χ0n) is 12.0. The number of hydrogen-bond donors (Lipinski definition) is 1. The van der Waals surface area contributed by atoms with Gasteiger partial charge < -0.3 is 9.84 Å². The van der Waals surface area contributed by atoms with Crippen molar-refractivity contribution in [2.45, 2.75) is 51.0 Å². The number of hydrogen-bond acceptors (Lipinski definition) is 3. The van der Waals surface area contributed by atoms with Gasteiger partial charge in [0.15, 0.2) is 0 Å². The average molecular weight is 274 g/mol. The summed E-state index contributed by atoms with van der Waals surface area (Å²) >= 11 is 0. The van der Waals surface area contributed by atoms with Crippen LogP contribution in [0.2, 0.25) is 0 Å². The molecule has 1 atom stereocenters. The van der Waals surface area contributed by atoms with Gasteiger partial charge in [0, 0.05) is 6.42 Å². The van der Waals surface area contributed by atoms with Crippen molar-refractivity contribution in [1.82, 2.24) is 0 Å². The van der Waals surface area contributed by atoms with Gasteiger partial charge in [-0.15, -0.1) is 0 Å². The number of ether oxygens (including phenoxy) is 1. The highest BCUT2D eigenvalue weighted by Crippen LogP contribution is 2.34. The maximum atomic E-state index is 11.5. The number of cyclic esters (lactones) is 1. The lowest BCUT2D eigenvalue weighted by Gasteiger charge is -2.35. The maximum Gasteiger partial charge on any atom is 0.334 e. The minimum Gasteiger partial charge on any atom is -0.512 e. The molecule has 3 heteroatoms. The molecule has 108 valence electrons. The Kier molecular flexibility index (Phi) is 4.83. The highest BCUT2D eigenvalue weighted by Gasteiger charge is 2.37. The number of aliphatic hydroxyl groups excluding tert-OH is 1. The van der Waals surface area contributed by atoms with Gasteiger partial charge in [0.2, 0.25) is 0 Å². The molecule has 20 heavy (non-hydrogen) atoms. The Bertz CT molecular complexity index is 478. The molecule has 1 aromatic rings. The Morgan fingerprint density at radius 3 is 2.65 bits per heavy atom. The van der Waals surface area contributed by atoms with Crippen molar-refractivity contribution in [3.63, 3.8) is 0 Å². The lowest BCUT2D eigenvalue weighted by Crippen LogP contribution is -2.38. The van der Waals surface area contributed by atoms with Crippen LogP contribution in [-0.4, -0.2) is 16.7 Å². The van der Waals surface area contributed by atoms with Crippen molar-refractivity contribution in [2.75, 3.05) is 0 Å². The van der Waals surface area contributed by atoms with Crippen LogP contribution in [0.25, 0.3) is 0 Å².